The molecule has 0 saturated heterocycles. The Balaban J connectivity index is 2.92. The number of hydrogen-bond acceptors (Lipinski definition) is 2. The summed E-state index contributed by atoms with van der Waals surface area (Å²) in [5.74, 6) is 0. The highest BCUT2D eigenvalue weighted by Crippen LogP contribution is 2.13. The molecule has 0 aliphatic carbocycles. The molecule has 3 nitrogen and oxygen atoms in total. The van der Waals surface area contributed by atoms with E-state index in [0.717, 1.165) is 10.9 Å². The zero-order valence-electron chi connectivity index (χ0n) is 5.70. The number of aromatic nitrogens is 2. The molecule has 0 spiro atoms. The van der Waals surface area contributed by atoms with E-state index < -0.39 is 0 Å². The monoisotopic (exact) mass is 143 g/mol. The van der Waals surface area contributed by atoms with Crippen molar-refractivity contribution in [2.45, 2.75) is 0 Å². The number of pyridine rings is 1. The van der Waals surface area contributed by atoms with Crippen molar-refractivity contribution in [2.24, 2.45) is 0 Å². The molecule has 0 aliphatic heterocycles. The van der Waals surface area contributed by atoms with E-state index in [1.54, 1.807) is 12.4 Å². The molecule has 3 heteroatoms. The predicted octanol–water partition coefficient (Wildman–Crippen LogP) is 1.43. The summed E-state index contributed by atoms with van der Waals surface area (Å²) in [5.41, 5.74) is 1.43. The van der Waals surface area contributed by atoms with Gasteiger partial charge in [0, 0.05) is 23.3 Å². The Morgan fingerprint density at radius 1 is 1.45 bits per heavy atom. The lowest BCUT2D eigenvalue weighted by atomic mass is 10.2. The highest BCUT2D eigenvalue weighted by Gasteiger charge is 1.99. The Morgan fingerprint density at radius 2 is 2.36 bits per heavy atom. The topological polar surface area (TPSA) is 52.5 Å². The van der Waals surface area contributed by atoms with Crippen LogP contribution in [-0.4, -0.2) is 9.97 Å². The van der Waals surface area contributed by atoms with Gasteiger partial charge in [0.15, 0.2) is 0 Å². The lowest BCUT2D eigenvalue weighted by molar-refractivity contribution is 1.29. The maximum atomic E-state index is 8.63. The van der Waals surface area contributed by atoms with E-state index in [-0.39, 0.29) is 0 Å². The van der Waals surface area contributed by atoms with Crippen molar-refractivity contribution >= 4 is 10.9 Å². The van der Waals surface area contributed by atoms with Crippen molar-refractivity contribution in [3.05, 3.63) is 30.2 Å². The molecule has 0 saturated carbocycles. The van der Waals surface area contributed by atoms with Crippen LogP contribution in [0.5, 0.6) is 0 Å². The second-order valence-corrected chi connectivity index (χ2v) is 2.21. The molecule has 2 aromatic heterocycles. The van der Waals surface area contributed by atoms with Gasteiger partial charge in [-0.15, -0.1) is 0 Å². The molecule has 0 atom stereocenters. The van der Waals surface area contributed by atoms with E-state index in [2.05, 4.69) is 9.97 Å². The zero-order valence-corrected chi connectivity index (χ0v) is 5.70. The molecule has 11 heavy (non-hydrogen) atoms. The van der Waals surface area contributed by atoms with Crippen LogP contribution in [0.25, 0.3) is 10.9 Å². The Morgan fingerprint density at radius 3 is 3.18 bits per heavy atom. The first-order valence-electron chi connectivity index (χ1n) is 3.24. The SMILES string of the molecule is N#Cc1nccc2[nH]ccc12. The minimum atomic E-state index is 0.476. The Hall–Kier alpha value is -1.82. The van der Waals surface area contributed by atoms with Gasteiger partial charge in [0.05, 0.1) is 0 Å². The fourth-order valence-electron chi connectivity index (χ4n) is 1.07. The van der Waals surface area contributed by atoms with Crippen LogP contribution in [-0.2, 0) is 0 Å². The number of rotatable bonds is 0. The van der Waals surface area contributed by atoms with Crippen LogP contribution in [0, 0.1) is 11.3 Å². The molecule has 0 amide bonds. The highest BCUT2D eigenvalue weighted by atomic mass is 14.7. The summed E-state index contributed by atoms with van der Waals surface area (Å²) in [6.07, 6.45) is 3.42. The van der Waals surface area contributed by atoms with Crippen LogP contribution >= 0.6 is 0 Å². The third-order valence-corrected chi connectivity index (χ3v) is 1.58. The van der Waals surface area contributed by atoms with E-state index in [1.165, 1.54) is 0 Å². The minimum Gasteiger partial charge on any atom is -0.361 e. The molecule has 0 aromatic carbocycles. The lowest BCUT2D eigenvalue weighted by Crippen LogP contribution is -1.80. The molecule has 1 N–H and O–H groups in total. The molecular weight excluding hydrogens is 138 g/mol. The molecule has 0 radical (unpaired) electrons. The van der Waals surface area contributed by atoms with Crippen molar-refractivity contribution in [1.82, 2.24) is 9.97 Å². The minimum absolute atomic E-state index is 0.476. The van der Waals surface area contributed by atoms with Crippen LogP contribution in [0.3, 0.4) is 0 Å². The quantitative estimate of drug-likeness (QED) is 0.606. The van der Waals surface area contributed by atoms with Gasteiger partial charge in [-0.2, -0.15) is 5.26 Å². The smallest absolute Gasteiger partial charge is 0.149 e. The van der Waals surface area contributed by atoms with Gasteiger partial charge in [0.1, 0.15) is 11.8 Å². The van der Waals surface area contributed by atoms with Gasteiger partial charge in [-0.25, -0.2) is 4.98 Å². The lowest BCUT2D eigenvalue weighted by Gasteiger charge is -1.88. The van der Waals surface area contributed by atoms with Gasteiger partial charge in [-0.1, -0.05) is 0 Å². The first-order chi connectivity index (χ1) is 5.42. The Kier molecular flexibility index (Phi) is 1.13. The number of fused-ring (bicyclic) bond motifs is 1. The molecule has 0 fully saturated rings. The molecule has 0 unspecified atom stereocenters. The van der Waals surface area contributed by atoms with Crippen molar-refractivity contribution in [3.8, 4) is 6.07 Å². The third-order valence-electron chi connectivity index (χ3n) is 1.58. The van der Waals surface area contributed by atoms with E-state index in [0.29, 0.717) is 5.69 Å². The van der Waals surface area contributed by atoms with Crippen LogP contribution < -0.4 is 0 Å². The number of aromatic amines is 1. The standard InChI is InChI=1S/C8H5N3/c9-5-8-6-1-3-10-7(6)2-4-11-8/h1-4,10H. The van der Waals surface area contributed by atoms with Gasteiger partial charge >= 0.3 is 0 Å². The number of hydrogen-bond donors (Lipinski definition) is 1. The summed E-state index contributed by atoms with van der Waals surface area (Å²) in [6, 6.07) is 5.72. The first kappa shape index (κ1) is 5.93. The van der Waals surface area contributed by atoms with Gasteiger partial charge in [-0.3, -0.25) is 0 Å². The number of nitrogens with one attached hydrogen (secondary N) is 1. The van der Waals surface area contributed by atoms with E-state index in [1.807, 2.05) is 18.2 Å². The maximum absolute atomic E-state index is 8.63. The van der Waals surface area contributed by atoms with Crippen LogP contribution in [0.1, 0.15) is 5.69 Å². The van der Waals surface area contributed by atoms with Crippen molar-refractivity contribution < 1.29 is 0 Å². The fourth-order valence-corrected chi connectivity index (χ4v) is 1.07. The molecular formula is C8H5N3. The Bertz CT molecular complexity index is 422. The summed E-state index contributed by atoms with van der Waals surface area (Å²) in [5, 5.41) is 9.51. The van der Waals surface area contributed by atoms with E-state index >= 15 is 0 Å². The number of H-pyrrole nitrogens is 1. The van der Waals surface area contributed by atoms with Crippen molar-refractivity contribution in [1.29, 1.82) is 5.26 Å². The maximum Gasteiger partial charge on any atom is 0.149 e. The van der Waals surface area contributed by atoms with E-state index in [4.69, 9.17) is 5.26 Å². The van der Waals surface area contributed by atoms with Crippen LogP contribution in [0.15, 0.2) is 24.5 Å². The zero-order chi connectivity index (χ0) is 7.68. The number of nitrogens with zero attached hydrogens (tertiary/aromatic N) is 2. The third kappa shape index (κ3) is 0.767. The second kappa shape index (κ2) is 2.10. The highest BCUT2D eigenvalue weighted by molar-refractivity contribution is 5.83. The van der Waals surface area contributed by atoms with Crippen LogP contribution in [0.2, 0.25) is 0 Å². The normalized spacial score (nSPS) is 9.73. The molecule has 0 aliphatic rings. The second-order valence-electron chi connectivity index (χ2n) is 2.21. The van der Waals surface area contributed by atoms with Crippen LogP contribution in [0.4, 0.5) is 0 Å². The molecule has 2 heterocycles. The largest absolute Gasteiger partial charge is 0.361 e. The molecule has 2 aromatic rings. The summed E-state index contributed by atoms with van der Waals surface area (Å²) < 4.78 is 0. The number of nitriles is 1. The predicted molar refractivity (Wildman–Crippen MR) is 40.8 cm³/mol. The summed E-state index contributed by atoms with van der Waals surface area (Å²) >= 11 is 0. The first-order valence-corrected chi connectivity index (χ1v) is 3.24. The van der Waals surface area contributed by atoms with Gasteiger partial charge < -0.3 is 4.98 Å². The molecule has 52 valence electrons. The Labute approximate surface area is 63.3 Å². The molecule has 0 bridgehead atoms. The average Bonchev–Trinajstić information content (AvgIpc) is 2.50. The van der Waals surface area contributed by atoms with Gasteiger partial charge in [-0.05, 0) is 12.1 Å². The average molecular weight is 143 g/mol. The van der Waals surface area contributed by atoms with Gasteiger partial charge in [0.2, 0.25) is 0 Å². The summed E-state index contributed by atoms with van der Waals surface area (Å²) in [6.45, 7) is 0. The fraction of sp³-hybridized carbons (Fsp3) is 0. The van der Waals surface area contributed by atoms with Crippen molar-refractivity contribution in [2.75, 3.05) is 0 Å². The van der Waals surface area contributed by atoms with Crippen molar-refractivity contribution in [3.63, 3.8) is 0 Å². The van der Waals surface area contributed by atoms with Gasteiger partial charge in [0.25, 0.3) is 0 Å². The van der Waals surface area contributed by atoms with E-state index in [9.17, 15) is 0 Å². The summed E-state index contributed by atoms with van der Waals surface area (Å²) in [4.78, 5) is 6.92. The molecule has 2 rings (SSSR count). The summed E-state index contributed by atoms with van der Waals surface area (Å²) in [7, 11) is 0.